The molecule has 168 valence electrons. The van der Waals surface area contributed by atoms with Crippen LogP contribution < -0.4 is 10.1 Å². The summed E-state index contributed by atoms with van der Waals surface area (Å²) in [6, 6.07) is 9.75. The number of anilines is 1. The number of thiazole rings is 1. The number of rotatable bonds is 10. The summed E-state index contributed by atoms with van der Waals surface area (Å²) in [5.41, 5.74) is 0. The van der Waals surface area contributed by atoms with E-state index in [1.807, 2.05) is 35.2 Å². The minimum atomic E-state index is -0.876. The largest absolute Gasteiger partial charge is 0.494 e. The summed E-state index contributed by atoms with van der Waals surface area (Å²) >= 11 is 2.50. The Morgan fingerprint density at radius 2 is 2.00 bits per heavy atom. The lowest BCUT2D eigenvalue weighted by molar-refractivity contribution is -0.133. The molecule has 1 aromatic heterocycles. The number of nitrogens with one attached hydrogen (secondary N) is 1. The van der Waals surface area contributed by atoms with E-state index in [4.69, 9.17) is 9.84 Å². The van der Waals surface area contributed by atoms with Crippen molar-refractivity contribution in [1.82, 2.24) is 9.88 Å². The molecule has 0 spiro atoms. The van der Waals surface area contributed by atoms with Crippen LogP contribution in [0.5, 0.6) is 5.75 Å². The molecule has 9 heteroatoms. The van der Waals surface area contributed by atoms with Gasteiger partial charge in [0.2, 0.25) is 0 Å². The van der Waals surface area contributed by atoms with Gasteiger partial charge in [0, 0.05) is 12.6 Å². The van der Waals surface area contributed by atoms with Crippen LogP contribution in [0.2, 0.25) is 0 Å². The van der Waals surface area contributed by atoms with E-state index in [9.17, 15) is 9.59 Å². The molecule has 2 amide bonds. The summed E-state index contributed by atoms with van der Waals surface area (Å²) in [7, 11) is 0. The molecule has 31 heavy (non-hydrogen) atoms. The third-order valence-electron chi connectivity index (χ3n) is 5.28. The zero-order chi connectivity index (χ0) is 22.1. The van der Waals surface area contributed by atoms with E-state index in [0.29, 0.717) is 24.2 Å². The number of thioether (sulfide) groups is 1. The molecule has 1 aliphatic carbocycles. The zero-order valence-corrected chi connectivity index (χ0v) is 19.3. The van der Waals surface area contributed by atoms with Gasteiger partial charge in [-0.1, -0.05) is 36.5 Å². The zero-order valence-electron chi connectivity index (χ0n) is 17.7. The van der Waals surface area contributed by atoms with Gasteiger partial charge in [0.15, 0.2) is 5.13 Å². The van der Waals surface area contributed by atoms with Crippen LogP contribution in [0.3, 0.4) is 0 Å². The first-order valence-corrected chi connectivity index (χ1v) is 12.4. The first-order valence-electron chi connectivity index (χ1n) is 10.6. The second-order valence-electron chi connectivity index (χ2n) is 7.72. The first-order chi connectivity index (χ1) is 15.0. The molecule has 1 saturated carbocycles. The molecule has 3 rings (SSSR count). The molecule has 7 nitrogen and oxygen atoms in total. The van der Waals surface area contributed by atoms with Crippen molar-refractivity contribution in [3.8, 4) is 5.75 Å². The Labute approximate surface area is 191 Å². The lowest BCUT2D eigenvalue weighted by atomic mass is 9.86. The Morgan fingerprint density at radius 1 is 1.26 bits per heavy atom. The van der Waals surface area contributed by atoms with Crippen LogP contribution in [0, 0.1) is 5.92 Å². The van der Waals surface area contributed by atoms with Crippen molar-refractivity contribution in [1.29, 1.82) is 0 Å². The predicted molar refractivity (Wildman–Crippen MR) is 124 cm³/mol. The van der Waals surface area contributed by atoms with E-state index < -0.39 is 5.97 Å². The number of carboxylic acids is 1. The molecule has 0 bridgehead atoms. The van der Waals surface area contributed by atoms with Crippen molar-refractivity contribution in [2.45, 2.75) is 49.3 Å². The number of amides is 2. The number of para-hydroxylation sites is 1. The highest BCUT2D eigenvalue weighted by atomic mass is 32.2. The number of carbonyl (C=O) groups is 2. The quantitative estimate of drug-likeness (QED) is 0.372. The third-order valence-corrected chi connectivity index (χ3v) is 7.37. The van der Waals surface area contributed by atoms with E-state index in [1.54, 1.807) is 6.20 Å². The molecular weight excluding hydrogens is 434 g/mol. The first kappa shape index (κ1) is 23.4. The average Bonchev–Trinajstić information content (AvgIpc) is 3.21. The summed E-state index contributed by atoms with van der Waals surface area (Å²) in [5.74, 6) is 0.637. The number of hydrogen-bond donors (Lipinski definition) is 2. The number of carboxylic acid groups (broad SMARTS) is 1. The van der Waals surface area contributed by atoms with Crippen LogP contribution in [-0.2, 0) is 4.79 Å². The second-order valence-corrected chi connectivity index (χ2v) is 10.0. The number of hydrogen-bond acceptors (Lipinski definition) is 6. The van der Waals surface area contributed by atoms with Crippen LogP contribution in [0.1, 0.15) is 39.0 Å². The van der Waals surface area contributed by atoms with E-state index in [2.05, 4.69) is 17.2 Å². The number of nitrogens with zero attached hydrogens (tertiary/aromatic N) is 2. The van der Waals surface area contributed by atoms with E-state index in [-0.39, 0.29) is 17.8 Å². The summed E-state index contributed by atoms with van der Waals surface area (Å²) in [5, 5.41) is 12.2. The number of carbonyl (C=O) groups excluding carboxylic acids is 1. The van der Waals surface area contributed by atoms with Gasteiger partial charge >= 0.3 is 12.0 Å². The normalized spacial score (nSPS) is 18.4. The van der Waals surface area contributed by atoms with Crippen LogP contribution in [0.4, 0.5) is 9.93 Å². The molecule has 1 heterocycles. The number of ether oxygens (including phenoxy) is 1. The molecule has 0 radical (unpaired) electrons. The lowest BCUT2D eigenvalue weighted by Gasteiger charge is -2.36. The summed E-state index contributed by atoms with van der Waals surface area (Å²) in [6.07, 6.45) is 6.61. The minimum Gasteiger partial charge on any atom is -0.494 e. The standard InChI is InChI=1S/C22H29N3O4S2/c1-16-8-10-17(11-9-16)25(12-5-13-29-18-6-3-2-4-7-18)22(28)24-21-23-14-20(31-21)30-15-19(26)27/h2-4,6-7,14,16-17H,5,8-13,15H2,1H3,(H,26,27)(H,23,24,28)/t16-,17-. The van der Waals surface area contributed by atoms with Crippen molar-refractivity contribution < 1.29 is 19.4 Å². The fourth-order valence-corrected chi connectivity index (χ4v) is 5.21. The molecule has 2 aromatic rings. The molecular formula is C22H29N3O4S2. The molecule has 0 aliphatic heterocycles. The maximum Gasteiger partial charge on any atom is 0.323 e. The molecule has 1 aliphatic rings. The van der Waals surface area contributed by atoms with Gasteiger partial charge in [-0.05, 0) is 50.2 Å². The van der Waals surface area contributed by atoms with Gasteiger partial charge in [0.25, 0.3) is 0 Å². The average molecular weight is 464 g/mol. The van der Waals surface area contributed by atoms with Crippen molar-refractivity contribution in [3.05, 3.63) is 36.5 Å². The Morgan fingerprint density at radius 3 is 2.71 bits per heavy atom. The van der Waals surface area contributed by atoms with Gasteiger partial charge in [-0.2, -0.15) is 0 Å². The number of aromatic nitrogens is 1. The van der Waals surface area contributed by atoms with Crippen molar-refractivity contribution in [3.63, 3.8) is 0 Å². The smallest absolute Gasteiger partial charge is 0.323 e. The fourth-order valence-electron chi connectivity index (χ4n) is 3.63. The monoisotopic (exact) mass is 463 g/mol. The van der Waals surface area contributed by atoms with E-state index in [1.165, 1.54) is 23.1 Å². The molecule has 2 N–H and O–H groups in total. The van der Waals surface area contributed by atoms with Gasteiger partial charge in [-0.15, -0.1) is 11.8 Å². The summed E-state index contributed by atoms with van der Waals surface area (Å²) < 4.78 is 6.56. The molecule has 1 fully saturated rings. The maximum absolute atomic E-state index is 13.1. The number of aliphatic carboxylic acids is 1. The lowest BCUT2D eigenvalue weighted by Crippen LogP contribution is -2.45. The Hall–Kier alpha value is -2.26. The van der Waals surface area contributed by atoms with Crippen LogP contribution in [-0.4, -0.2) is 51.9 Å². The number of urea groups is 1. The highest BCUT2D eigenvalue weighted by Crippen LogP contribution is 2.30. The van der Waals surface area contributed by atoms with Crippen LogP contribution in [0.15, 0.2) is 40.7 Å². The molecule has 0 atom stereocenters. The van der Waals surface area contributed by atoms with Crippen molar-refractivity contribution in [2.75, 3.05) is 24.2 Å². The topological polar surface area (TPSA) is 91.8 Å². The fraction of sp³-hybridized carbons (Fsp3) is 0.500. The highest BCUT2D eigenvalue weighted by molar-refractivity contribution is 8.01. The summed E-state index contributed by atoms with van der Waals surface area (Å²) in [6.45, 7) is 3.42. The Kier molecular flexibility index (Phi) is 9.02. The SMILES string of the molecule is C[C@H]1CC[C@H](N(CCCOc2ccccc2)C(=O)Nc2ncc(SCC(=O)O)s2)CC1. The van der Waals surface area contributed by atoms with Gasteiger partial charge in [0.1, 0.15) is 5.75 Å². The molecule has 0 unspecified atom stereocenters. The van der Waals surface area contributed by atoms with E-state index >= 15 is 0 Å². The van der Waals surface area contributed by atoms with Crippen LogP contribution >= 0.6 is 23.1 Å². The van der Waals surface area contributed by atoms with Gasteiger partial charge in [-0.3, -0.25) is 10.1 Å². The summed E-state index contributed by atoms with van der Waals surface area (Å²) in [4.78, 5) is 30.0. The highest BCUT2D eigenvalue weighted by Gasteiger charge is 2.28. The van der Waals surface area contributed by atoms with Gasteiger partial charge in [-0.25, -0.2) is 9.78 Å². The Balaban J connectivity index is 1.56. The second kappa shape index (κ2) is 12.0. The Bertz CT molecular complexity index is 838. The molecule has 0 saturated heterocycles. The molecule has 1 aromatic carbocycles. The maximum atomic E-state index is 13.1. The number of benzene rings is 1. The van der Waals surface area contributed by atoms with Gasteiger partial charge in [0.05, 0.1) is 22.8 Å². The minimum absolute atomic E-state index is 0.0244. The van der Waals surface area contributed by atoms with Crippen molar-refractivity contribution in [2.24, 2.45) is 5.92 Å². The predicted octanol–water partition coefficient (Wildman–Crippen LogP) is 5.20. The van der Waals surface area contributed by atoms with Crippen molar-refractivity contribution >= 4 is 40.2 Å². The third kappa shape index (κ3) is 7.74. The van der Waals surface area contributed by atoms with E-state index in [0.717, 1.165) is 42.1 Å². The van der Waals surface area contributed by atoms with Gasteiger partial charge < -0.3 is 14.7 Å². The van der Waals surface area contributed by atoms with Crippen LogP contribution in [0.25, 0.3) is 0 Å².